The molecule has 2 atom stereocenters. The molecule has 7 heteroatoms. The summed E-state index contributed by atoms with van der Waals surface area (Å²) < 4.78 is 9.83. The molecule has 0 aliphatic heterocycles. The van der Waals surface area contributed by atoms with Crippen molar-refractivity contribution in [2.75, 3.05) is 6.61 Å². The number of rotatable bonds is 9. The van der Waals surface area contributed by atoms with Crippen molar-refractivity contribution in [2.45, 2.75) is 45.4 Å². The Morgan fingerprint density at radius 2 is 1.79 bits per heavy atom. The molecule has 1 rings (SSSR count). The number of benzene rings is 1. The zero-order valence-electron chi connectivity index (χ0n) is 13.9. The first-order valence-electron chi connectivity index (χ1n) is 7.77. The van der Waals surface area contributed by atoms with E-state index in [1.807, 2.05) is 18.2 Å². The standard InChI is InChI=1S/C17H23NO6/c1-3-23-15(21)10-9-14(20)18-16(12(2)19)17(22)24-11-13-7-5-4-6-8-13/h4-8,12,16,19H,3,9-11H2,1-2H3,(H,18,20)/t12-,16+/m1/s1. The Kier molecular flexibility index (Phi) is 8.49. The fraction of sp³-hybridized carbons (Fsp3) is 0.471. The predicted octanol–water partition coefficient (Wildman–Crippen LogP) is 0.939. The summed E-state index contributed by atoms with van der Waals surface area (Å²) in [4.78, 5) is 35.1. The molecule has 0 aliphatic carbocycles. The van der Waals surface area contributed by atoms with Crippen LogP contribution in [0.15, 0.2) is 30.3 Å². The van der Waals surface area contributed by atoms with Crippen LogP contribution in [0.4, 0.5) is 0 Å². The number of nitrogens with one attached hydrogen (secondary N) is 1. The highest BCUT2D eigenvalue weighted by Gasteiger charge is 2.27. The van der Waals surface area contributed by atoms with Crippen LogP contribution in [0.5, 0.6) is 0 Å². The van der Waals surface area contributed by atoms with Crippen molar-refractivity contribution in [1.29, 1.82) is 0 Å². The monoisotopic (exact) mass is 337 g/mol. The van der Waals surface area contributed by atoms with Crippen LogP contribution in [0.3, 0.4) is 0 Å². The minimum absolute atomic E-state index is 0.0432. The molecule has 0 heterocycles. The van der Waals surface area contributed by atoms with Gasteiger partial charge in [0.25, 0.3) is 0 Å². The topological polar surface area (TPSA) is 102 Å². The van der Waals surface area contributed by atoms with Crippen molar-refractivity contribution in [2.24, 2.45) is 0 Å². The van der Waals surface area contributed by atoms with Crippen molar-refractivity contribution < 1.29 is 29.0 Å². The van der Waals surface area contributed by atoms with Gasteiger partial charge in [-0.25, -0.2) is 4.79 Å². The van der Waals surface area contributed by atoms with Crippen LogP contribution >= 0.6 is 0 Å². The summed E-state index contributed by atoms with van der Waals surface area (Å²) in [7, 11) is 0. The van der Waals surface area contributed by atoms with Gasteiger partial charge in [-0.2, -0.15) is 0 Å². The van der Waals surface area contributed by atoms with Gasteiger partial charge >= 0.3 is 11.9 Å². The van der Waals surface area contributed by atoms with Crippen molar-refractivity contribution >= 4 is 17.8 Å². The normalized spacial score (nSPS) is 12.8. The Morgan fingerprint density at radius 3 is 2.38 bits per heavy atom. The van der Waals surface area contributed by atoms with Gasteiger partial charge in [0.2, 0.25) is 5.91 Å². The van der Waals surface area contributed by atoms with E-state index in [0.717, 1.165) is 5.56 Å². The first-order chi connectivity index (χ1) is 11.4. The maximum atomic E-state index is 12.0. The van der Waals surface area contributed by atoms with Gasteiger partial charge in [0.1, 0.15) is 6.61 Å². The molecule has 7 nitrogen and oxygen atoms in total. The van der Waals surface area contributed by atoms with E-state index in [9.17, 15) is 19.5 Å². The summed E-state index contributed by atoms with van der Waals surface area (Å²) in [6.07, 6.45) is -1.35. The summed E-state index contributed by atoms with van der Waals surface area (Å²) in [5.74, 6) is -1.77. The fourth-order valence-electron chi connectivity index (χ4n) is 1.89. The summed E-state index contributed by atoms with van der Waals surface area (Å²) in [5.41, 5.74) is 0.795. The van der Waals surface area contributed by atoms with Crippen LogP contribution in [-0.4, -0.2) is 41.7 Å². The summed E-state index contributed by atoms with van der Waals surface area (Å²) in [5, 5.41) is 12.1. The van der Waals surface area contributed by atoms with Crippen LogP contribution < -0.4 is 5.32 Å². The summed E-state index contributed by atoms with van der Waals surface area (Å²) in [6.45, 7) is 3.33. The van der Waals surface area contributed by atoms with Gasteiger partial charge < -0.3 is 19.9 Å². The molecule has 1 aromatic rings. The molecule has 0 saturated carbocycles. The summed E-state index contributed by atoms with van der Waals surface area (Å²) >= 11 is 0. The third kappa shape index (κ3) is 7.23. The maximum Gasteiger partial charge on any atom is 0.331 e. The van der Waals surface area contributed by atoms with Crippen LogP contribution in [0.25, 0.3) is 0 Å². The fourth-order valence-corrected chi connectivity index (χ4v) is 1.89. The van der Waals surface area contributed by atoms with Crippen molar-refractivity contribution in [1.82, 2.24) is 5.32 Å². The Morgan fingerprint density at radius 1 is 1.12 bits per heavy atom. The van der Waals surface area contributed by atoms with Gasteiger partial charge in [0.15, 0.2) is 6.04 Å². The number of carbonyl (C=O) groups excluding carboxylic acids is 3. The lowest BCUT2D eigenvalue weighted by atomic mass is 10.1. The zero-order chi connectivity index (χ0) is 17.9. The minimum Gasteiger partial charge on any atom is -0.466 e. The van der Waals surface area contributed by atoms with Crippen LogP contribution in [-0.2, 0) is 30.5 Å². The number of aliphatic hydroxyl groups excluding tert-OH is 1. The average molecular weight is 337 g/mol. The number of carbonyl (C=O) groups is 3. The highest BCUT2D eigenvalue weighted by atomic mass is 16.5. The van der Waals surface area contributed by atoms with E-state index in [-0.39, 0.29) is 26.1 Å². The lowest BCUT2D eigenvalue weighted by Crippen LogP contribution is -2.48. The second-order valence-electron chi connectivity index (χ2n) is 5.18. The molecular weight excluding hydrogens is 314 g/mol. The predicted molar refractivity (Wildman–Crippen MR) is 85.7 cm³/mol. The number of hydrogen-bond acceptors (Lipinski definition) is 6. The largest absolute Gasteiger partial charge is 0.466 e. The van der Waals surface area contributed by atoms with E-state index in [4.69, 9.17) is 9.47 Å². The number of amides is 1. The minimum atomic E-state index is -1.19. The quantitative estimate of drug-likeness (QED) is 0.650. The Hall–Kier alpha value is -2.41. The number of hydrogen-bond donors (Lipinski definition) is 2. The highest BCUT2D eigenvalue weighted by molar-refractivity contribution is 5.86. The molecule has 0 radical (unpaired) electrons. The van der Waals surface area contributed by atoms with E-state index < -0.39 is 30.0 Å². The molecule has 0 bridgehead atoms. The van der Waals surface area contributed by atoms with Crippen molar-refractivity contribution in [3.63, 3.8) is 0 Å². The Bertz CT molecular complexity index is 543. The number of esters is 2. The first kappa shape index (κ1) is 19.6. The van der Waals surface area contributed by atoms with Gasteiger partial charge in [-0.05, 0) is 19.4 Å². The van der Waals surface area contributed by atoms with Gasteiger partial charge in [0.05, 0.1) is 19.1 Å². The molecule has 0 aliphatic rings. The molecule has 132 valence electrons. The zero-order valence-corrected chi connectivity index (χ0v) is 13.9. The Labute approximate surface area is 141 Å². The number of aliphatic hydroxyl groups is 1. The molecule has 1 amide bonds. The van der Waals surface area contributed by atoms with Gasteiger partial charge in [-0.1, -0.05) is 30.3 Å². The molecule has 0 fully saturated rings. The van der Waals surface area contributed by atoms with Crippen LogP contribution in [0.2, 0.25) is 0 Å². The van der Waals surface area contributed by atoms with Crippen molar-refractivity contribution in [3.8, 4) is 0 Å². The lowest BCUT2D eigenvalue weighted by molar-refractivity contribution is -0.152. The molecule has 1 aromatic carbocycles. The summed E-state index contributed by atoms with van der Waals surface area (Å²) in [6, 6.07) is 7.86. The van der Waals surface area contributed by atoms with E-state index >= 15 is 0 Å². The van der Waals surface area contributed by atoms with E-state index in [2.05, 4.69) is 5.32 Å². The molecule has 0 unspecified atom stereocenters. The van der Waals surface area contributed by atoms with Gasteiger partial charge in [-0.3, -0.25) is 9.59 Å². The van der Waals surface area contributed by atoms with Crippen LogP contribution in [0.1, 0.15) is 32.3 Å². The first-order valence-corrected chi connectivity index (χ1v) is 7.77. The maximum absolute atomic E-state index is 12.0. The molecule has 2 N–H and O–H groups in total. The SMILES string of the molecule is CCOC(=O)CCC(=O)N[C@H](C(=O)OCc1ccccc1)[C@@H](C)O. The smallest absolute Gasteiger partial charge is 0.331 e. The third-order valence-electron chi connectivity index (χ3n) is 3.14. The third-order valence-corrected chi connectivity index (χ3v) is 3.14. The second kappa shape index (κ2) is 10.4. The highest BCUT2D eigenvalue weighted by Crippen LogP contribution is 2.05. The van der Waals surface area contributed by atoms with E-state index in [1.54, 1.807) is 19.1 Å². The van der Waals surface area contributed by atoms with Crippen molar-refractivity contribution in [3.05, 3.63) is 35.9 Å². The van der Waals surface area contributed by atoms with Gasteiger partial charge in [0, 0.05) is 6.42 Å². The molecule has 0 saturated heterocycles. The molecular formula is C17H23NO6. The molecule has 0 aromatic heterocycles. The van der Waals surface area contributed by atoms with E-state index in [0.29, 0.717) is 0 Å². The van der Waals surface area contributed by atoms with E-state index in [1.165, 1.54) is 6.92 Å². The Balaban J connectivity index is 2.48. The average Bonchev–Trinajstić information content (AvgIpc) is 2.56. The molecule has 24 heavy (non-hydrogen) atoms. The second-order valence-corrected chi connectivity index (χ2v) is 5.18. The lowest BCUT2D eigenvalue weighted by Gasteiger charge is -2.20. The van der Waals surface area contributed by atoms with Gasteiger partial charge in [-0.15, -0.1) is 0 Å². The number of ether oxygens (including phenoxy) is 2. The molecule has 0 spiro atoms. The van der Waals surface area contributed by atoms with Crippen LogP contribution in [0, 0.1) is 0 Å².